The molecule has 1 aromatic heterocycles. The monoisotopic (exact) mass is 269 g/mol. The van der Waals surface area contributed by atoms with Gasteiger partial charge in [-0.25, -0.2) is 4.79 Å². The average Bonchev–Trinajstić information content (AvgIpc) is 2.95. The molecular formula is C11H15N3O3S. The molecule has 6 nitrogen and oxygen atoms in total. The number of aromatic nitrogens is 2. The van der Waals surface area contributed by atoms with Crippen molar-refractivity contribution in [1.29, 1.82) is 0 Å². The van der Waals surface area contributed by atoms with Gasteiger partial charge in [0.1, 0.15) is 0 Å². The van der Waals surface area contributed by atoms with Gasteiger partial charge in [0.25, 0.3) is 0 Å². The number of aryl methyl sites for hydroxylation is 1. The number of carboxylic acid groups (broad SMARTS) is 1. The van der Waals surface area contributed by atoms with Crippen LogP contribution >= 0.6 is 11.8 Å². The predicted octanol–water partition coefficient (Wildman–Crippen LogP) is 0.415. The fraction of sp³-hybridized carbons (Fsp3) is 0.545. The van der Waals surface area contributed by atoms with E-state index < -0.39 is 12.0 Å². The molecule has 1 aliphatic heterocycles. The van der Waals surface area contributed by atoms with Crippen molar-refractivity contribution in [2.75, 3.05) is 11.5 Å². The van der Waals surface area contributed by atoms with Gasteiger partial charge in [-0.3, -0.25) is 9.48 Å². The second-order valence-corrected chi connectivity index (χ2v) is 5.44. The van der Waals surface area contributed by atoms with Gasteiger partial charge >= 0.3 is 5.97 Å². The number of carboxylic acids is 1. The lowest BCUT2D eigenvalue weighted by Crippen LogP contribution is -2.37. The van der Waals surface area contributed by atoms with Crippen molar-refractivity contribution in [3.63, 3.8) is 0 Å². The Morgan fingerprint density at radius 1 is 1.67 bits per heavy atom. The van der Waals surface area contributed by atoms with Crippen LogP contribution in [0.3, 0.4) is 0 Å². The number of carbonyl (C=O) groups is 2. The standard InChI is InChI=1S/C11H15N3O3S/c1-14-5-8(4-12-14)9(11(16)17)13-10(15)7-2-3-18-6-7/h4-5,7,9H,2-3,6H2,1H3,(H,13,15)(H,16,17). The van der Waals surface area contributed by atoms with Crippen molar-refractivity contribution in [3.05, 3.63) is 18.0 Å². The molecule has 0 radical (unpaired) electrons. The summed E-state index contributed by atoms with van der Waals surface area (Å²) >= 11 is 1.72. The zero-order valence-corrected chi connectivity index (χ0v) is 10.8. The first kappa shape index (κ1) is 12.9. The van der Waals surface area contributed by atoms with Gasteiger partial charge in [-0.05, 0) is 12.2 Å². The van der Waals surface area contributed by atoms with Crippen molar-refractivity contribution in [3.8, 4) is 0 Å². The number of hydrogen-bond acceptors (Lipinski definition) is 4. The number of nitrogens with zero attached hydrogens (tertiary/aromatic N) is 2. The van der Waals surface area contributed by atoms with Gasteiger partial charge in [-0.15, -0.1) is 0 Å². The van der Waals surface area contributed by atoms with Gasteiger partial charge in [-0.1, -0.05) is 0 Å². The average molecular weight is 269 g/mol. The van der Waals surface area contributed by atoms with Crippen LogP contribution in [0.15, 0.2) is 12.4 Å². The van der Waals surface area contributed by atoms with Crippen molar-refractivity contribution < 1.29 is 14.7 Å². The first-order valence-corrected chi connectivity index (χ1v) is 6.83. The van der Waals surface area contributed by atoms with Crippen LogP contribution in [-0.4, -0.2) is 38.3 Å². The summed E-state index contributed by atoms with van der Waals surface area (Å²) in [7, 11) is 1.71. The Balaban J connectivity index is 2.07. The molecular weight excluding hydrogens is 254 g/mol. The number of rotatable bonds is 4. The van der Waals surface area contributed by atoms with Crippen molar-refractivity contribution in [1.82, 2.24) is 15.1 Å². The number of aliphatic carboxylic acids is 1. The molecule has 1 fully saturated rings. The third-order valence-electron chi connectivity index (χ3n) is 2.89. The molecule has 2 unspecified atom stereocenters. The van der Waals surface area contributed by atoms with Gasteiger partial charge in [-0.2, -0.15) is 16.9 Å². The minimum Gasteiger partial charge on any atom is -0.479 e. The molecule has 1 saturated heterocycles. The Kier molecular flexibility index (Phi) is 3.90. The highest BCUT2D eigenvalue weighted by atomic mass is 32.2. The first-order valence-electron chi connectivity index (χ1n) is 5.67. The maximum atomic E-state index is 11.9. The van der Waals surface area contributed by atoms with Gasteiger partial charge in [0, 0.05) is 30.5 Å². The van der Waals surface area contributed by atoms with Crippen LogP contribution < -0.4 is 5.32 Å². The number of nitrogens with one attached hydrogen (secondary N) is 1. The van der Waals surface area contributed by atoms with E-state index in [4.69, 9.17) is 0 Å². The molecule has 0 bridgehead atoms. The Bertz CT molecular complexity index is 454. The molecule has 0 spiro atoms. The molecule has 2 atom stereocenters. The highest BCUT2D eigenvalue weighted by molar-refractivity contribution is 7.99. The quantitative estimate of drug-likeness (QED) is 0.827. The van der Waals surface area contributed by atoms with Crippen LogP contribution in [0.1, 0.15) is 18.0 Å². The van der Waals surface area contributed by atoms with E-state index >= 15 is 0 Å². The molecule has 1 aromatic rings. The summed E-state index contributed by atoms with van der Waals surface area (Å²) in [6, 6.07) is -1.02. The fourth-order valence-corrected chi connectivity index (χ4v) is 3.10. The highest BCUT2D eigenvalue weighted by Crippen LogP contribution is 2.24. The van der Waals surface area contributed by atoms with E-state index in [2.05, 4.69) is 10.4 Å². The second kappa shape index (κ2) is 5.43. The predicted molar refractivity (Wildman–Crippen MR) is 67.2 cm³/mol. The van der Waals surface area contributed by atoms with Crippen LogP contribution in [-0.2, 0) is 16.6 Å². The van der Waals surface area contributed by atoms with Crippen LogP contribution in [0, 0.1) is 5.92 Å². The lowest BCUT2D eigenvalue weighted by atomic mass is 10.1. The zero-order valence-electron chi connectivity index (χ0n) is 10.00. The fourth-order valence-electron chi connectivity index (χ4n) is 1.88. The molecule has 0 aliphatic carbocycles. The number of carbonyl (C=O) groups excluding carboxylic acids is 1. The van der Waals surface area contributed by atoms with E-state index in [1.54, 1.807) is 25.0 Å². The second-order valence-electron chi connectivity index (χ2n) is 4.29. The van der Waals surface area contributed by atoms with Gasteiger partial charge in [0.05, 0.1) is 6.20 Å². The summed E-state index contributed by atoms with van der Waals surface area (Å²) in [5.41, 5.74) is 0.490. The lowest BCUT2D eigenvalue weighted by Gasteiger charge is -2.15. The van der Waals surface area contributed by atoms with Crippen molar-refractivity contribution in [2.45, 2.75) is 12.5 Å². The summed E-state index contributed by atoms with van der Waals surface area (Å²) in [6.45, 7) is 0. The van der Waals surface area contributed by atoms with Gasteiger partial charge in [0.15, 0.2) is 6.04 Å². The zero-order chi connectivity index (χ0) is 13.1. The smallest absolute Gasteiger partial charge is 0.331 e. The molecule has 2 rings (SSSR count). The van der Waals surface area contributed by atoms with E-state index in [1.807, 2.05) is 0 Å². The van der Waals surface area contributed by atoms with Gasteiger partial charge in [0.2, 0.25) is 5.91 Å². The summed E-state index contributed by atoms with van der Waals surface area (Å²) in [5, 5.41) is 15.7. The van der Waals surface area contributed by atoms with E-state index in [9.17, 15) is 14.7 Å². The van der Waals surface area contributed by atoms with Crippen LogP contribution in [0.5, 0.6) is 0 Å². The minimum atomic E-state index is -1.07. The van der Waals surface area contributed by atoms with E-state index in [-0.39, 0.29) is 11.8 Å². The third kappa shape index (κ3) is 2.84. The molecule has 98 valence electrons. The normalized spacial score (nSPS) is 20.6. The molecule has 0 aromatic carbocycles. The van der Waals surface area contributed by atoms with Crippen LogP contribution in [0.4, 0.5) is 0 Å². The Labute approximate surface area is 109 Å². The molecule has 0 saturated carbocycles. The first-order chi connectivity index (χ1) is 8.58. The van der Waals surface area contributed by atoms with E-state index in [0.29, 0.717) is 5.56 Å². The topological polar surface area (TPSA) is 84.2 Å². The molecule has 1 aliphatic rings. The maximum absolute atomic E-state index is 11.9. The maximum Gasteiger partial charge on any atom is 0.331 e. The SMILES string of the molecule is Cn1cc(C(NC(=O)C2CCSC2)C(=O)O)cn1. The number of thioether (sulfide) groups is 1. The third-order valence-corrected chi connectivity index (χ3v) is 4.05. The molecule has 2 heterocycles. The summed E-state index contributed by atoms with van der Waals surface area (Å²) in [6.07, 6.45) is 3.88. The molecule has 7 heteroatoms. The van der Waals surface area contributed by atoms with Crippen LogP contribution in [0.25, 0.3) is 0 Å². The summed E-state index contributed by atoms with van der Waals surface area (Å²) in [4.78, 5) is 23.1. The van der Waals surface area contributed by atoms with E-state index in [0.717, 1.165) is 17.9 Å². The van der Waals surface area contributed by atoms with Crippen molar-refractivity contribution in [2.24, 2.45) is 13.0 Å². The summed E-state index contributed by atoms with van der Waals surface area (Å²) < 4.78 is 1.52. The Morgan fingerprint density at radius 2 is 2.44 bits per heavy atom. The Morgan fingerprint density at radius 3 is 2.94 bits per heavy atom. The largest absolute Gasteiger partial charge is 0.479 e. The number of amides is 1. The van der Waals surface area contributed by atoms with Gasteiger partial charge < -0.3 is 10.4 Å². The highest BCUT2D eigenvalue weighted by Gasteiger charge is 2.29. The van der Waals surface area contributed by atoms with Crippen LogP contribution in [0.2, 0.25) is 0 Å². The molecule has 1 amide bonds. The lowest BCUT2D eigenvalue weighted by molar-refractivity contribution is -0.142. The van der Waals surface area contributed by atoms with E-state index in [1.165, 1.54) is 10.9 Å². The summed E-state index contributed by atoms with van der Waals surface area (Å²) in [5.74, 6) is 0.403. The Hall–Kier alpha value is -1.50. The van der Waals surface area contributed by atoms with Crippen molar-refractivity contribution >= 4 is 23.6 Å². The molecule has 2 N–H and O–H groups in total. The molecule has 18 heavy (non-hydrogen) atoms. The number of hydrogen-bond donors (Lipinski definition) is 2. The minimum absolute atomic E-state index is 0.0754.